The zero-order valence-electron chi connectivity index (χ0n) is 13.7. The Labute approximate surface area is 148 Å². The first-order valence-corrected chi connectivity index (χ1v) is 8.84. The number of para-hydroxylation sites is 1. The minimum absolute atomic E-state index is 0.0887. The highest BCUT2D eigenvalue weighted by atomic mass is 35.5. The summed E-state index contributed by atoms with van der Waals surface area (Å²) in [6.45, 7) is 5.67. The lowest BCUT2D eigenvalue weighted by molar-refractivity contribution is -1.02. The van der Waals surface area contributed by atoms with Crippen molar-refractivity contribution in [3.63, 3.8) is 0 Å². The minimum Gasteiger partial charge on any atom is -0.322 e. The molecule has 1 amide bonds. The molecule has 24 heavy (non-hydrogen) atoms. The van der Waals surface area contributed by atoms with Crippen LogP contribution in [0.1, 0.15) is 5.56 Å². The molecule has 0 aliphatic carbocycles. The largest absolute Gasteiger partial charge is 0.322 e. The van der Waals surface area contributed by atoms with Gasteiger partial charge in [0.2, 0.25) is 0 Å². The van der Waals surface area contributed by atoms with Crippen LogP contribution in [0.3, 0.4) is 0 Å². The van der Waals surface area contributed by atoms with Gasteiger partial charge in [-0.15, -0.1) is 0 Å². The number of benzene rings is 2. The van der Waals surface area contributed by atoms with Crippen LogP contribution < -0.4 is 15.1 Å². The SMILES string of the molecule is O=C(C[NH+]1CC[NH+](Cc2ccccc2Cl)CC1)Nc1ccccc1. The summed E-state index contributed by atoms with van der Waals surface area (Å²) >= 11 is 6.25. The van der Waals surface area contributed by atoms with Gasteiger partial charge >= 0.3 is 0 Å². The van der Waals surface area contributed by atoms with E-state index < -0.39 is 0 Å². The molecule has 126 valence electrons. The maximum absolute atomic E-state index is 12.1. The highest BCUT2D eigenvalue weighted by Gasteiger charge is 2.25. The Bertz CT molecular complexity index is 669. The van der Waals surface area contributed by atoms with E-state index in [1.807, 2.05) is 48.5 Å². The zero-order valence-corrected chi connectivity index (χ0v) is 14.5. The topological polar surface area (TPSA) is 38.0 Å². The van der Waals surface area contributed by atoms with Crippen molar-refractivity contribution >= 4 is 23.2 Å². The summed E-state index contributed by atoms with van der Waals surface area (Å²) in [4.78, 5) is 15.0. The van der Waals surface area contributed by atoms with Crippen molar-refractivity contribution in [3.05, 3.63) is 65.2 Å². The summed E-state index contributed by atoms with van der Waals surface area (Å²) in [7, 11) is 0. The number of carbonyl (C=O) groups is 1. The molecule has 0 saturated carbocycles. The molecule has 1 aliphatic rings. The van der Waals surface area contributed by atoms with Gasteiger partial charge < -0.3 is 15.1 Å². The molecule has 3 N–H and O–H groups in total. The number of amides is 1. The predicted octanol–water partition coefficient (Wildman–Crippen LogP) is 0.262. The van der Waals surface area contributed by atoms with Crippen LogP contribution in [-0.4, -0.2) is 38.6 Å². The van der Waals surface area contributed by atoms with Crippen molar-refractivity contribution in [2.24, 2.45) is 0 Å². The summed E-state index contributed by atoms with van der Waals surface area (Å²) in [5.41, 5.74) is 2.07. The van der Waals surface area contributed by atoms with E-state index in [0.717, 1.165) is 43.4 Å². The lowest BCUT2D eigenvalue weighted by atomic mass is 10.2. The van der Waals surface area contributed by atoms with E-state index in [0.29, 0.717) is 6.54 Å². The average Bonchev–Trinajstić information content (AvgIpc) is 2.59. The van der Waals surface area contributed by atoms with E-state index in [1.165, 1.54) is 15.4 Å². The van der Waals surface area contributed by atoms with Gasteiger partial charge in [-0.05, 0) is 18.2 Å². The van der Waals surface area contributed by atoms with Crippen LogP contribution in [0.25, 0.3) is 0 Å². The van der Waals surface area contributed by atoms with Gasteiger partial charge in [0.15, 0.2) is 6.54 Å². The second-order valence-corrected chi connectivity index (χ2v) is 6.77. The Morgan fingerprint density at radius 2 is 1.54 bits per heavy atom. The third-order valence-corrected chi connectivity index (χ3v) is 4.90. The van der Waals surface area contributed by atoms with Gasteiger partial charge in [0.25, 0.3) is 5.91 Å². The molecule has 2 aromatic rings. The van der Waals surface area contributed by atoms with E-state index in [9.17, 15) is 4.79 Å². The third kappa shape index (κ3) is 4.81. The van der Waals surface area contributed by atoms with Crippen molar-refractivity contribution in [2.45, 2.75) is 6.54 Å². The fourth-order valence-corrected chi connectivity index (χ4v) is 3.38. The van der Waals surface area contributed by atoms with Gasteiger partial charge in [-0.2, -0.15) is 0 Å². The highest BCUT2D eigenvalue weighted by Crippen LogP contribution is 2.13. The quantitative estimate of drug-likeness (QED) is 0.714. The Kier molecular flexibility index (Phi) is 5.86. The Morgan fingerprint density at radius 1 is 0.917 bits per heavy atom. The number of hydrogen-bond donors (Lipinski definition) is 3. The molecule has 3 rings (SSSR count). The second-order valence-electron chi connectivity index (χ2n) is 6.36. The van der Waals surface area contributed by atoms with Crippen molar-refractivity contribution in [1.82, 2.24) is 0 Å². The van der Waals surface area contributed by atoms with Crippen molar-refractivity contribution < 1.29 is 14.6 Å². The molecule has 1 aliphatic heterocycles. The van der Waals surface area contributed by atoms with Gasteiger partial charge in [0.1, 0.15) is 32.7 Å². The van der Waals surface area contributed by atoms with Crippen molar-refractivity contribution in [2.75, 3.05) is 38.0 Å². The molecule has 1 fully saturated rings. The smallest absolute Gasteiger partial charge is 0.279 e. The van der Waals surface area contributed by atoms with Crippen LogP contribution in [0.15, 0.2) is 54.6 Å². The first-order valence-electron chi connectivity index (χ1n) is 8.46. The number of rotatable bonds is 5. The first-order chi connectivity index (χ1) is 11.7. The van der Waals surface area contributed by atoms with Crippen LogP contribution in [-0.2, 0) is 11.3 Å². The molecule has 0 bridgehead atoms. The number of anilines is 1. The monoisotopic (exact) mass is 345 g/mol. The molecule has 1 saturated heterocycles. The van der Waals surface area contributed by atoms with Gasteiger partial charge in [0.05, 0.1) is 0 Å². The summed E-state index contributed by atoms with van der Waals surface area (Å²) < 4.78 is 0. The fraction of sp³-hybridized carbons (Fsp3) is 0.316. The zero-order chi connectivity index (χ0) is 16.8. The maximum Gasteiger partial charge on any atom is 0.279 e. The highest BCUT2D eigenvalue weighted by molar-refractivity contribution is 6.31. The molecule has 4 nitrogen and oxygen atoms in total. The number of quaternary nitrogens is 2. The summed E-state index contributed by atoms with van der Waals surface area (Å²) in [5.74, 6) is 0.0887. The maximum atomic E-state index is 12.1. The molecule has 1 heterocycles. The molecular weight excluding hydrogens is 322 g/mol. The van der Waals surface area contributed by atoms with Crippen molar-refractivity contribution in [1.29, 1.82) is 0 Å². The van der Waals surface area contributed by atoms with Gasteiger partial charge in [0, 0.05) is 16.3 Å². The third-order valence-electron chi connectivity index (χ3n) is 4.53. The Hall–Kier alpha value is -1.88. The number of hydrogen-bond acceptors (Lipinski definition) is 1. The minimum atomic E-state index is 0.0887. The van der Waals surface area contributed by atoms with E-state index in [-0.39, 0.29) is 5.91 Å². The number of carbonyl (C=O) groups excluding carboxylic acids is 1. The Morgan fingerprint density at radius 3 is 2.25 bits per heavy atom. The predicted molar refractivity (Wildman–Crippen MR) is 96.5 cm³/mol. The van der Waals surface area contributed by atoms with E-state index >= 15 is 0 Å². The van der Waals surface area contributed by atoms with Gasteiger partial charge in [-0.3, -0.25) is 4.79 Å². The van der Waals surface area contributed by atoms with Crippen LogP contribution in [0.2, 0.25) is 5.02 Å². The van der Waals surface area contributed by atoms with Crippen molar-refractivity contribution in [3.8, 4) is 0 Å². The molecule has 0 radical (unpaired) electrons. The number of piperazine rings is 1. The average molecular weight is 346 g/mol. The van der Waals surface area contributed by atoms with Gasteiger partial charge in [-0.1, -0.05) is 48.0 Å². The molecule has 0 spiro atoms. The molecular formula is C19H24ClN3O+2. The summed E-state index contributed by atoms with van der Waals surface area (Å²) in [5, 5.41) is 3.81. The fourth-order valence-electron chi connectivity index (χ4n) is 3.18. The standard InChI is InChI=1S/C19H22ClN3O/c20-18-9-5-4-6-16(18)14-22-10-12-23(13-11-22)15-19(24)21-17-7-2-1-3-8-17/h1-9H,10-15H2,(H,21,24)/p+2. The van der Waals surface area contributed by atoms with Crippen LogP contribution in [0.4, 0.5) is 5.69 Å². The van der Waals surface area contributed by atoms with E-state index in [1.54, 1.807) is 0 Å². The molecule has 2 aromatic carbocycles. The summed E-state index contributed by atoms with van der Waals surface area (Å²) in [6.07, 6.45) is 0. The van der Waals surface area contributed by atoms with E-state index in [2.05, 4.69) is 11.4 Å². The van der Waals surface area contributed by atoms with Gasteiger partial charge in [-0.25, -0.2) is 0 Å². The molecule has 0 aromatic heterocycles. The normalized spacial score (nSPS) is 20.5. The lowest BCUT2D eigenvalue weighted by Crippen LogP contribution is -3.28. The number of halogens is 1. The van der Waals surface area contributed by atoms with Crippen LogP contribution in [0, 0.1) is 0 Å². The Balaban J connectivity index is 1.43. The van der Waals surface area contributed by atoms with Crippen LogP contribution in [0.5, 0.6) is 0 Å². The lowest BCUT2D eigenvalue weighted by Gasteiger charge is -2.29. The molecule has 0 atom stereocenters. The molecule has 0 unspecified atom stereocenters. The van der Waals surface area contributed by atoms with Crippen LogP contribution >= 0.6 is 11.6 Å². The molecule has 5 heteroatoms. The number of nitrogens with one attached hydrogen (secondary N) is 3. The van der Waals surface area contributed by atoms with E-state index in [4.69, 9.17) is 11.6 Å². The first kappa shape index (κ1) is 17.0. The summed E-state index contributed by atoms with van der Waals surface area (Å²) in [6, 6.07) is 17.7. The second kappa shape index (κ2) is 8.29.